The second kappa shape index (κ2) is 10.1. The van der Waals surface area contributed by atoms with E-state index in [0.717, 1.165) is 39.8 Å². The number of anilines is 2. The molecule has 1 saturated heterocycles. The van der Waals surface area contributed by atoms with E-state index in [1.54, 1.807) is 4.90 Å². The number of rotatable bonds is 7. The van der Waals surface area contributed by atoms with Gasteiger partial charge in [-0.2, -0.15) is 0 Å². The van der Waals surface area contributed by atoms with Crippen LogP contribution in [-0.2, 0) is 32.0 Å². The van der Waals surface area contributed by atoms with E-state index >= 15 is 0 Å². The average Bonchev–Trinajstić information content (AvgIpc) is 3.15. The molecule has 31 heavy (non-hydrogen) atoms. The molecule has 1 aliphatic heterocycles. The summed E-state index contributed by atoms with van der Waals surface area (Å²) in [6.07, 6.45) is 1.77. The van der Waals surface area contributed by atoms with Gasteiger partial charge in [-0.15, -0.1) is 0 Å². The fourth-order valence-corrected chi connectivity index (χ4v) is 4.35. The zero-order chi connectivity index (χ0) is 22.5. The molecule has 2 aromatic rings. The summed E-state index contributed by atoms with van der Waals surface area (Å²) in [5.74, 6) is -1.62. The van der Waals surface area contributed by atoms with Crippen molar-refractivity contribution < 1.29 is 19.1 Å². The fourth-order valence-electron chi connectivity index (χ4n) is 3.73. The number of nitrogens with zero attached hydrogens (tertiary/aromatic N) is 1. The monoisotopic (exact) mass is 486 g/mol. The maximum Gasteiger partial charge on any atom is 0.311 e. The Morgan fingerprint density at radius 3 is 2.52 bits per heavy atom. The molecule has 0 aliphatic carbocycles. The Balaban J connectivity index is 1.56. The molecule has 2 aromatic carbocycles. The van der Waals surface area contributed by atoms with Crippen molar-refractivity contribution in [3.8, 4) is 0 Å². The van der Waals surface area contributed by atoms with E-state index in [9.17, 15) is 14.4 Å². The summed E-state index contributed by atoms with van der Waals surface area (Å²) in [4.78, 5) is 38.8. The summed E-state index contributed by atoms with van der Waals surface area (Å²) >= 11 is 3.46. The number of carbonyl (C=O) groups is 3. The molecular weight excluding hydrogens is 460 g/mol. The van der Waals surface area contributed by atoms with Gasteiger partial charge < -0.3 is 15.0 Å². The topological polar surface area (TPSA) is 75.7 Å². The van der Waals surface area contributed by atoms with Gasteiger partial charge in [0, 0.05) is 28.8 Å². The summed E-state index contributed by atoms with van der Waals surface area (Å²) < 4.78 is 6.18. The largest absolute Gasteiger partial charge is 0.455 e. The van der Waals surface area contributed by atoms with Crippen LogP contribution in [0.15, 0.2) is 40.9 Å². The van der Waals surface area contributed by atoms with Crippen LogP contribution in [0.25, 0.3) is 0 Å². The van der Waals surface area contributed by atoms with Crippen molar-refractivity contribution in [3.63, 3.8) is 0 Å². The van der Waals surface area contributed by atoms with Gasteiger partial charge in [0.05, 0.1) is 5.92 Å². The van der Waals surface area contributed by atoms with Gasteiger partial charge in [-0.1, -0.05) is 41.9 Å². The lowest BCUT2D eigenvalue weighted by Gasteiger charge is -2.17. The SMILES string of the molecule is CCc1ccc(N2C[C@H](C(=O)OCC(=O)Nc3c(C)cc(Br)cc3CC)CC2=O)cc1. The number of carbonyl (C=O) groups excluding carboxylic acids is 3. The molecule has 0 saturated carbocycles. The molecule has 0 radical (unpaired) electrons. The number of amides is 2. The number of ether oxygens (including phenoxy) is 1. The maximum absolute atomic E-state index is 12.5. The van der Waals surface area contributed by atoms with Crippen LogP contribution in [0.2, 0.25) is 0 Å². The molecule has 1 fully saturated rings. The summed E-state index contributed by atoms with van der Waals surface area (Å²) in [5, 5.41) is 2.84. The molecule has 0 aromatic heterocycles. The number of hydrogen-bond donors (Lipinski definition) is 1. The first-order valence-corrected chi connectivity index (χ1v) is 11.3. The Morgan fingerprint density at radius 1 is 1.16 bits per heavy atom. The zero-order valence-corrected chi connectivity index (χ0v) is 19.6. The first kappa shape index (κ1) is 23.0. The molecular formula is C24H27BrN2O4. The van der Waals surface area contributed by atoms with Crippen molar-refractivity contribution in [2.75, 3.05) is 23.4 Å². The molecule has 1 aliphatic rings. The highest BCUT2D eigenvalue weighted by atomic mass is 79.9. The van der Waals surface area contributed by atoms with Gasteiger partial charge in [0.1, 0.15) is 0 Å². The van der Waals surface area contributed by atoms with Crippen LogP contribution in [-0.4, -0.2) is 30.9 Å². The van der Waals surface area contributed by atoms with Crippen LogP contribution in [0.1, 0.15) is 37.0 Å². The summed E-state index contributed by atoms with van der Waals surface area (Å²) in [6.45, 7) is 5.87. The molecule has 2 amide bonds. The molecule has 1 heterocycles. The van der Waals surface area contributed by atoms with Crippen LogP contribution in [0.5, 0.6) is 0 Å². The van der Waals surface area contributed by atoms with E-state index < -0.39 is 17.8 Å². The van der Waals surface area contributed by atoms with E-state index in [1.165, 1.54) is 5.56 Å². The van der Waals surface area contributed by atoms with Crippen molar-refractivity contribution in [1.29, 1.82) is 0 Å². The lowest BCUT2D eigenvalue weighted by molar-refractivity contribution is -0.151. The van der Waals surface area contributed by atoms with Crippen LogP contribution in [0, 0.1) is 12.8 Å². The van der Waals surface area contributed by atoms with Gasteiger partial charge in [0.15, 0.2) is 6.61 Å². The number of esters is 1. The second-order valence-electron chi connectivity index (χ2n) is 7.69. The third-order valence-electron chi connectivity index (χ3n) is 5.49. The Morgan fingerprint density at radius 2 is 1.87 bits per heavy atom. The van der Waals surface area contributed by atoms with Gasteiger partial charge in [0.2, 0.25) is 5.91 Å². The van der Waals surface area contributed by atoms with E-state index in [2.05, 4.69) is 28.2 Å². The maximum atomic E-state index is 12.5. The van der Waals surface area contributed by atoms with Crippen LogP contribution in [0.3, 0.4) is 0 Å². The minimum absolute atomic E-state index is 0.0851. The highest BCUT2D eigenvalue weighted by Gasteiger charge is 2.36. The van der Waals surface area contributed by atoms with Crippen molar-refractivity contribution in [3.05, 3.63) is 57.6 Å². The van der Waals surface area contributed by atoms with Crippen LogP contribution in [0.4, 0.5) is 11.4 Å². The van der Waals surface area contributed by atoms with Gasteiger partial charge in [-0.05, 0) is 60.7 Å². The van der Waals surface area contributed by atoms with E-state index in [1.807, 2.05) is 50.2 Å². The third-order valence-corrected chi connectivity index (χ3v) is 5.95. The summed E-state index contributed by atoms with van der Waals surface area (Å²) in [5.41, 5.74) is 4.62. The summed E-state index contributed by atoms with van der Waals surface area (Å²) in [7, 11) is 0. The van der Waals surface area contributed by atoms with Crippen molar-refractivity contribution in [2.45, 2.75) is 40.0 Å². The fraction of sp³-hybridized carbons (Fsp3) is 0.375. The van der Waals surface area contributed by atoms with Crippen molar-refractivity contribution in [1.82, 2.24) is 0 Å². The highest BCUT2D eigenvalue weighted by molar-refractivity contribution is 9.10. The number of halogens is 1. The molecule has 164 valence electrons. The van der Waals surface area contributed by atoms with Crippen LogP contribution < -0.4 is 10.2 Å². The standard InChI is InChI=1S/C24H27BrN2O4/c1-4-16-6-8-20(9-7-16)27-13-18(12-22(27)29)24(30)31-14-21(28)26-23-15(3)10-19(25)11-17(23)5-2/h6-11,18H,4-5,12-14H2,1-3H3,(H,26,28)/t18-/m1/s1. The zero-order valence-electron chi connectivity index (χ0n) is 18.0. The minimum Gasteiger partial charge on any atom is -0.455 e. The molecule has 7 heteroatoms. The Labute approximate surface area is 191 Å². The first-order valence-electron chi connectivity index (χ1n) is 10.5. The molecule has 0 spiro atoms. The highest BCUT2D eigenvalue weighted by Crippen LogP contribution is 2.27. The van der Waals surface area contributed by atoms with Gasteiger partial charge in [-0.25, -0.2) is 0 Å². The van der Waals surface area contributed by atoms with Gasteiger partial charge in [0.25, 0.3) is 5.91 Å². The predicted octanol–water partition coefficient (Wildman–Crippen LogP) is 4.42. The Bertz CT molecular complexity index is 988. The smallest absolute Gasteiger partial charge is 0.311 e. The molecule has 0 unspecified atom stereocenters. The number of benzene rings is 2. The normalized spacial score (nSPS) is 15.8. The number of aryl methyl sites for hydroxylation is 3. The molecule has 6 nitrogen and oxygen atoms in total. The lowest BCUT2D eigenvalue weighted by atomic mass is 10.1. The van der Waals surface area contributed by atoms with E-state index in [0.29, 0.717) is 0 Å². The van der Waals surface area contributed by atoms with Crippen LogP contribution >= 0.6 is 15.9 Å². The number of hydrogen-bond acceptors (Lipinski definition) is 4. The average molecular weight is 487 g/mol. The predicted molar refractivity (Wildman–Crippen MR) is 124 cm³/mol. The quantitative estimate of drug-likeness (QED) is 0.587. The third kappa shape index (κ3) is 5.53. The van der Waals surface area contributed by atoms with Crippen molar-refractivity contribution in [2.24, 2.45) is 5.92 Å². The Hall–Kier alpha value is -2.67. The first-order chi connectivity index (χ1) is 14.8. The molecule has 3 rings (SSSR count). The summed E-state index contributed by atoms with van der Waals surface area (Å²) in [6, 6.07) is 11.6. The van der Waals surface area contributed by atoms with E-state index in [4.69, 9.17) is 4.74 Å². The lowest BCUT2D eigenvalue weighted by Crippen LogP contribution is -2.28. The minimum atomic E-state index is -0.577. The second-order valence-corrected chi connectivity index (χ2v) is 8.61. The van der Waals surface area contributed by atoms with Crippen molar-refractivity contribution >= 4 is 45.1 Å². The molecule has 0 bridgehead atoms. The van der Waals surface area contributed by atoms with Gasteiger partial charge >= 0.3 is 5.97 Å². The molecule has 1 atom stereocenters. The van der Waals surface area contributed by atoms with E-state index in [-0.39, 0.29) is 25.5 Å². The molecule has 1 N–H and O–H groups in total. The van der Waals surface area contributed by atoms with Gasteiger partial charge in [-0.3, -0.25) is 14.4 Å². The Kier molecular flexibility index (Phi) is 7.49. The number of nitrogens with one attached hydrogen (secondary N) is 1.